The number of ether oxygens (including phenoxy) is 1. The quantitative estimate of drug-likeness (QED) is 0.112. The maximum absolute atomic E-state index is 14.8. The highest BCUT2D eigenvalue weighted by molar-refractivity contribution is 7.09. The number of aromatic carboxylic acids is 1. The molecule has 0 bridgehead atoms. The first kappa shape index (κ1) is 41.2. The SMILES string of the molecule is CCC(C)C(NC(=O)[C@H]1CCCCN1C)C(=O)N(CCCCc1cn(C[Si](C)(C)C)nn1)C(CC(OC(C)=O)c1nc(C(=O)O)cs1)C(C)C. The fourth-order valence-corrected chi connectivity index (χ4v) is 8.43. The van der Waals surface area contributed by atoms with Gasteiger partial charge in [0.05, 0.1) is 19.8 Å². The molecule has 1 fully saturated rings. The van der Waals surface area contributed by atoms with Crippen molar-refractivity contribution < 1.29 is 29.0 Å². The van der Waals surface area contributed by atoms with Gasteiger partial charge in [-0.25, -0.2) is 9.78 Å². The number of thiazole rings is 1. The van der Waals surface area contributed by atoms with Crippen LogP contribution in [0.25, 0.3) is 0 Å². The van der Waals surface area contributed by atoms with Crippen molar-refractivity contribution in [2.75, 3.05) is 20.1 Å². The first-order chi connectivity index (χ1) is 23.5. The zero-order chi connectivity index (χ0) is 37.2. The Morgan fingerprint density at radius 1 is 1.16 bits per heavy atom. The van der Waals surface area contributed by atoms with E-state index in [0.717, 1.165) is 55.4 Å². The molecule has 2 aromatic heterocycles. The molecule has 2 amide bonds. The Bertz CT molecular complexity index is 1430. The van der Waals surface area contributed by atoms with Gasteiger partial charge in [0.15, 0.2) is 11.8 Å². The molecule has 0 aromatic carbocycles. The molecule has 50 heavy (non-hydrogen) atoms. The number of nitrogens with one attached hydrogen (secondary N) is 1. The van der Waals surface area contributed by atoms with E-state index >= 15 is 0 Å². The van der Waals surface area contributed by atoms with Gasteiger partial charge in [-0.3, -0.25) is 24.0 Å². The number of carboxylic acids is 1. The maximum atomic E-state index is 14.8. The van der Waals surface area contributed by atoms with E-state index in [-0.39, 0.29) is 41.8 Å². The molecule has 0 spiro atoms. The molecule has 5 atom stereocenters. The number of rotatable bonds is 19. The van der Waals surface area contributed by atoms with Crippen molar-refractivity contribution >= 4 is 43.2 Å². The summed E-state index contributed by atoms with van der Waals surface area (Å²) >= 11 is 1.12. The zero-order valence-electron chi connectivity index (χ0n) is 31.5. The molecule has 3 rings (SSSR count). The number of piperidine rings is 1. The lowest BCUT2D eigenvalue weighted by Gasteiger charge is -2.40. The van der Waals surface area contributed by atoms with Crippen LogP contribution in [0.5, 0.6) is 0 Å². The highest BCUT2D eigenvalue weighted by atomic mass is 32.1. The smallest absolute Gasteiger partial charge is 0.355 e. The number of amides is 2. The summed E-state index contributed by atoms with van der Waals surface area (Å²) in [4.78, 5) is 60.5. The lowest BCUT2D eigenvalue weighted by Crippen LogP contribution is -2.59. The van der Waals surface area contributed by atoms with Crippen LogP contribution in [0.15, 0.2) is 11.6 Å². The van der Waals surface area contributed by atoms with Crippen LogP contribution in [0, 0.1) is 11.8 Å². The number of carbonyl (C=O) groups is 4. The highest BCUT2D eigenvalue weighted by Crippen LogP contribution is 2.32. The summed E-state index contributed by atoms with van der Waals surface area (Å²) in [5.74, 6) is -2.17. The average molecular weight is 734 g/mol. The third-order valence-electron chi connectivity index (χ3n) is 9.39. The summed E-state index contributed by atoms with van der Waals surface area (Å²) < 4.78 is 7.66. The van der Waals surface area contributed by atoms with Crippen LogP contribution in [0.1, 0.15) is 107 Å². The van der Waals surface area contributed by atoms with E-state index < -0.39 is 38.2 Å². The second kappa shape index (κ2) is 18.9. The Morgan fingerprint density at radius 2 is 1.88 bits per heavy atom. The molecular formula is C35H59N7O6SSi. The minimum Gasteiger partial charge on any atom is -0.476 e. The highest BCUT2D eigenvalue weighted by Gasteiger charge is 2.38. The molecule has 4 unspecified atom stereocenters. The summed E-state index contributed by atoms with van der Waals surface area (Å²) in [7, 11) is 0.599. The Kier molecular flexibility index (Phi) is 15.6. The molecule has 280 valence electrons. The van der Waals surface area contributed by atoms with E-state index in [9.17, 15) is 24.3 Å². The van der Waals surface area contributed by atoms with Crippen molar-refractivity contribution in [3.05, 3.63) is 28.0 Å². The number of nitrogens with zero attached hydrogens (tertiary/aromatic N) is 6. The van der Waals surface area contributed by atoms with Crippen molar-refractivity contribution in [2.24, 2.45) is 11.8 Å². The fraction of sp³-hybridized carbons (Fsp3) is 0.743. The first-order valence-corrected chi connectivity index (χ1v) is 22.6. The van der Waals surface area contributed by atoms with Crippen LogP contribution in [0.3, 0.4) is 0 Å². The minimum atomic E-state index is -1.36. The number of esters is 1. The summed E-state index contributed by atoms with van der Waals surface area (Å²) in [5, 5.41) is 23.2. The van der Waals surface area contributed by atoms with Crippen LogP contribution in [-0.4, -0.2) is 105 Å². The molecule has 2 aromatic rings. The van der Waals surface area contributed by atoms with Gasteiger partial charge in [0.2, 0.25) is 11.8 Å². The van der Waals surface area contributed by atoms with E-state index in [0.29, 0.717) is 30.8 Å². The van der Waals surface area contributed by atoms with Gasteiger partial charge in [-0.15, -0.1) is 16.4 Å². The third kappa shape index (κ3) is 12.3. The van der Waals surface area contributed by atoms with Gasteiger partial charge in [0.1, 0.15) is 11.0 Å². The molecular weight excluding hydrogens is 675 g/mol. The number of likely N-dealkylation sites (N-methyl/N-ethyl adjacent to an activating group) is 1. The molecule has 1 aliphatic heterocycles. The van der Waals surface area contributed by atoms with Gasteiger partial charge in [0.25, 0.3) is 0 Å². The molecule has 0 aliphatic carbocycles. The maximum Gasteiger partial charge on any atom is 0.355 e. The summed E-state index contributed by atoms with van der Waals surface area (Å²) in [5.41, 5.74) is 0.793. The van der Waals surface area contributed by atoms with Crippen LogP contribution in [-0.2, 0) is 31.7 Å². The van der Waals surface area contributed by atoms with Gasteiger partial charge in [-0.2, -0.15) is 0 Å². The lowest BCUT2D eigenvalue weighted by atomic mass is 9.91. The number of hydrogen-bond acceptors (Lipinski definition) is 10. The standard InChI is InChI=1S/C35H59N7O6SSi/c1-10-24(4)31(37-32(44)28-16-12-13-17-40(28)6)34(45)42(18-14-11-15-26-20-41(39-38-26)22-50(7,8)9)29(23(2)3)19-30(48-25(5)43)33-36-27(21-49-33)35(46)47/h20-21,23-24,28-31H,10-19,22H2,1-9H3,(H,37,44)(H,46,47)/t24?,28-,29?,30?,31?/m1/s1. The van der Waals surface area contributed by atoms with Crippen molar-refractivity contribution in [3.63, 3.8) is 0 Å². The van der Waals surface area contributed by atoms with E-state index in [4.69, 9.17) is 4.74 Å². The molecule has 3 heterocycles. The van der Waals surface area contributed by atoms with Gasteiger partial charge in [0, 0.05) is 43.7 Å². The molecule has 1 aliphatic rings. The van der Waals surface area contributed by atoms with E-state index in [1.165, 1.54) is 12.3 Å². The predicted octanol–water partition coefficient (Wildman–Crippen LogP) is 5.20. The van der Waals surface area contributed by atoms with Crippen molar-refractivity contribution in [3.8, 4) is 0 Å². The summed E-state index contributed by atoms with van der Waals surface area (Å²) in [6.07, 6.45) is 7.92. The first-order valence-electron chi connectivity index (χ1n) is 18.1. The van der Waals surface area contributed by atoms with Gasteiger partial charge in [-0.05, 0) is 57.5 Å². The van der Waals surface area contributed by atoms with Crippen LogP contribution < -0.4 is 5.32 Å². The van der Waals surface area contributed by atoms with Crippen LogP contribution in [0.2, 0.25) is 19.6 Å². The molecule has 15 heteroatoms. The number of aryl methyl sites for hydroxylation is 1. The Morgan fingerprint density at radius 3 is 2.46 bits per heavy atom. The second-order valence-corrected chi connectivity index (χ2v) is 21.7. The number of carbonyl (C=O) groups excluding carboxylic acids is 3. The van der Waals surface area contributed by atoms with Crippen molar-refractivity contribution in [1.29, 1.82) is 0 Å². The number of unbranched alkanes of at least 4 members (excludes halogenated alkanes) is 1. The average Bonchev–Trinajstić information content (AvgIpc) is 3.71. The Balaban J connectivity index is 1.91. The number of likely N-dealkylation sites (tertiary alicyclic amines) is 1. The second-order valence-electron chi connectivity index (χ2n) is 15.3. The van der Waals surface area contributed by atoms with E-state index in [2.05, 4.69) is 45.2 Å². The predicted molar refractivity (Wildman–Crippen MR) is 196 cm³/mol. The van der Waals surface area contributed by atoms with Crippen LogP contribution in [0.4, 0.5) is 0 Å². The van der Waals surface area contributed by atoms with Crippen molar-refractivity contribution in [2.45, 2.75) is 136 Å². The molecule has 1 saturated heterocycles. The summed E-state index contributed by atoms with van der Waals surface area (Å²) in [6, 6.07) is -1.42. The summed E-state index contributed by atoms with van der Waals surface area (Å²) in [6.45, 7) is 17.5. The third-order valence-corrected chi connectivity index (χ3v) is 11.6. The molecule has 13 nitrogen and oxygen atoms in total. The molecule has 0 radical (unpaired) electrons. The normalized spacial score (nSPS) is 17.9. The van der Waals surface area contributed by atoms with Crippen LogP contribution >= 0.6 is 11.3 Å². The van der Waals surface area contributed by atoms with Gasteiger partial charge >= 0.3 is 11.9 Å². The molecule has 2 N–H and O–H groups in total. The monoisotopic (exact) mass is 733 g/mol. The van der Waals surface area contributed by atoms with E-state index in [1.54, 1.807) is 0 Å². The van der Waals surface area contributed by atoms with E-state index in [1.807, 2.05) is 50.5 Å². The number of aromatic nitrogens is 4. The van der Waals surface area contributed by atoms with Gasteiger partial charge < -0.3 is 20.1 Å². The number of hydrogen-bond donors (Lipinski definition) is 2. The lowest BCUT2D eigenvalue weighted by molar-refractivity contribution is -0.149. The fourth-order valence-electron chi connectivity index (χ4n) is 6.47. The molecule has 0 saturated carbocycles. The number of carboxylic acid groups (broad SMARTS) is 1. The minimum absolute atomic E-state index is 0.0601. The Hall–Kier alpha value is -3.17. The van der Waals surface area contributed by atoms with Crippen molar-refractivity contribution in [1.82, 2.24) is 35.1 Å². The largest absolute Gasteiger partial charge is 0.476 e. The van der Waals surface area contributed by atoms with Gasteiger partial charge in [-0.1, -0.05) is 65.4 Å². The Labute approximate surface area is 302 Å². The zero-order valence-corrected chi connectivity index (χ0v) is 33.3. The topological polar surface area (TPSA) is 160 Å².